The van der Waals surface area contributed by atoms with E-state index in [1.165, 1.54) is 0 Å². The second-order valence-electron chi connectivity index (χ2n) is 8.24. The number of halogens is 2. The molecule has 13 heteroatoms. The van der Waals surface area contributed by atoms with Gasteiger partial charge in [-0.15, -0.1) is 0 Å². The molecule has 2 heterocycles. The average molecular weight is 566 g/mol. The number of nitriles is 1. The van der Waals surface area contributed by atoms with Gasteiger partial charge in [-0.2, -0.15) is 5.26 Å². The quantitative estimate of drug-likeness (QED) is 0.320. The van der Waals surface area contributed by atoms with Gasteiger partial charge in [-0.05, 0) is 36.4 Å². The van der Waals surface area contributed by atoms with Crippen molar-refractivity contribution in [2.75, 3.05) is 37.4 Å². The van der Waals surface area contributed by atoms with Crippen molar-refractivity contribution in [1.29, 1.82) is 5.26 Å². The molecule has 3 aromatic rings. The molecule has 2 aromatic carbocycles. The van der Waals surface area contributed by atoms with Gasteiger partial charge in [-0.3, -0.25) is 0 Å². The first-order valence-electron chi connectivity index (χ1n) is 11.3. The Morgan fingerprint density at radius 1 is 1.22 bits per heavy atom. The van der Waals surface area contributed by atoms with E-state index in [-0.39, 0.29) is 19.3 Å². The number of sulfonamides is 1. The molecule has 2 unspecified atom stereocenters. The normalized spacial score (nSPS) is 19.4. The Hall–Kier alpha value is -2.85. The zero-order valence-corrected chi connectivity index (χ0v) is 22.0. The summed E-state index contributed by atoms with van der Waals surface area (Å²) < 4.78 is 45.7. The molecule has 2 atom stereocenters. The highest BCUT2D eigenvalue weighted by Crippen LogP contribution is 2.40. The molecule has 0 radical (unpaired) electrons. The van der Waals surface area contributed by atoms with Gasteiger partial charge in [0.1, 0.15) is 18.5 Å². The molecule has 1 aliphatic heterocycles. The summed E-state index contributed by atoms with van der Waals surface area (Å²) >= 11 is 12.6. The molecule has 0 bridgehead atoms. The molecule has 0 spiro atoms. The van der Waals surface area contributed by atoms with Crippen molar-refractivity contribution in [1.82, 2.24) is 14.3 Å². The number of nitrogens with one attached hydrogen (secondary N) is 2. The van der Waals surface area contributed by atoms with Crippen LogP contribution in [0.15, 0.2) is 61.2 Å². The first-order chi connectivity index (χ1) is 17.8. The number of benzene rings is 2. The molecule has 2 N–H and O–H groups in total. The minimum atomic E-state index is -3.56. The van der Waals surface area contributed by atoms with E-state index in [9.17, 15) is 8.42 Å². The van der Waals surface area contributed by atoms with Gasteiger partial charge >= 0.3 is 0 Å². The summed E-state index contributed by atoms with van der Waals surface area (Å²) in [5, 5.41) is 12.6. The summed E-state index contributed by atoms with van der Waals surface area (Å²) in [4.78, 5) is 4.10. The molecule has 1 fully saturated rings. The minimum absolute atomic E-state index is 0.166. The van der Waals surface area contributed by atoms with Crippen LogP contribution < -0.4 is 14.8 Å². The maximum Gasteiger partial charge on any atom is 0.225 e. The molecule has 1 aromatic heterocycles. The van der Waals surface area contributed by atoms with Gasteiger partial charge < -0.3 is 24.1 Å². The number of ether oxygens (including phenoxy) is 3. The standard InChI is InChI=1S/C24H25Cl2N5O5S/c25-18-1-6-22(23(26)13-18)24(16-31-11-10-28-17-31)35-15-21(36-24)14-34-20-4-2-19(3-5-20)29-8-9-30-37(32,33)12-7-27/h1-6,10-11,13,17,21,29-30H,8-9,12,14-16H2. The van der Waals surface area contributed by atoms with Crippen molar-refractivity contribution < 1.29 is 22.6 Å². The SMILES string of the molecule is N#CCS(=O)(=O)NCCNc1ccc(OCC2COC(Cn3ccnc3)(c3ccc(Cl)cc3Cl)O2)cc1. The van der Waals surface area contributed by atoms with Crippen LogP contribution in [-0.2, 0) is 31.8 Å². The third kappa shape index (κ3) is 7.35. The van der Waals surface area contributed by atoms with E-state index in [4.69, 9.17) is 42.7 Å². The van der Waals surface area contributed by atoms with Gasteiger partial charge in [0.25, 0.3) is 0 Å². The molecule has 0 aliphatic carbocycles. The summed E-state index contributed by atoms with van der Waals surface area (Å²) in [5.74, 6) is -1.05. The maximum atomic E-state index is 11.5. The van der Waals surface area contributed by atoms with Crippen LogP contribution >= 0.6 is 23.2 Å². The van der Waals surface area contributed by atoms with E-state index in [0.29, 0.717) is 41.1 Å². The lowest BCUT2D eigenvalue weighted by Gasteiger charge is -2.30. The number of hydrogen-bond acceptors (Lipinski definition) is 8. The van der Waals surface area contributed by atoms with Crippen molar-refractivity contribution in [3.05, 3.63) is 76.8 Å². The monoisotopic (exact) mass is 565 g/mol. The van der Waals surface area contributed by atoms with E-state index in [1.54, 1.807) is 48.9 Å². The Balaban J connectivity index is 1.32. The largest absolute Gasteiger partial charge is 0.491 e. The zero-order valence-electron chi connectivity index (χ0n) is 19.6. The molecule has 0 amide bonds. The van der Waals surface area contributed by atoms with Crippen LogP contribution in [0, 0.1) is 11.3 Å². The highest BCUT2D eigenvalue weighted by atomic mass is 35.5. The van der Waals surface area contributed by atoms with Crippen LogP contribution in [0.5, 0.6) is 5.75 Å². The van der Waals surface area contributed by atoms with Crippen LogP contribution in [-0.4, -0.2) is 56.1 Å². The number of aromatic nitrogens is 2. The van der Waals surface area contributed by atoms with Gasteiger partial charge in [0, 0.05) is 41.8 Å². The fourth-order valence-electron chi connectivity index (χ4n) is 3.78. The van der Waals surface area contributed by atoms with Crippen molar-refractivity contribution in [2.24, 2.45) is 0 Å². The van der Waals surface area contributed by atoms with Crippen LogP contribution in [0.1, 0.15) is 5.56 Å². The van der Waals surface area contributed by atoms with E-state index in [1.807, 2.05) is 22.9 Å². The van der Waals surface area contributed by atoms with Crippen LogP contribution in [0.2, 0.25) is 10.0 Å². The Morgan fingerprint density at radius 2 is 2.03 bits per heavy atom. The zero-order chi connectivity index (χ0) is 26.3. The fraction of sp³-hybridized carbons (Fsp3) is 0.333. The lowest BCUT2D eigenvalue weighted by atomic mass is 10.1. The smallest absolute Gasteiger partial charge is 0.225 e. The maximum absolute atomic E-state index is 11.5. The molecule has 196 valence electrons. The Labute approximate surface area is 225 Å². The number of anilines is 1. The minimum Gasteiger partial charge on any atom is -0.491 e. The van der Waals surface area contributed by atoms with Gasteiger partial charge in [0.2, 0.25) is 15.8 Å². The second-order valence-corrected chi connectivity index (χ2v) is 10.9. The van der Waals surface area contributed by atoms with Gasteiger partial charge in [-0.1, -0.05) is 29.3 Å². The molecular formula is C24H25Cl2N5O5S. The molecule has 10 nitrogen and oxygen atoms in total. The Kier molecular flexibility index (Phi) is 8.91. The summed E-state index contributed by atoms with van der Waals surface area (Å²) in [5.41, 5.74) is 1.46. The van der Waals surface area contributed by atoms with Crippen molar-refractivity contribution in [3.8, 4) is 11.8 Å². The predicted octanol–water partition coefficient (Wildman–Crippen LogP) is 3.39. The van der Waals surface area contributed by atoms with Crippen molar-refractivity contribution >= 4 is 38.9 Å². The number of imidazole rings is 1. The molecule has 4 rings (SSSR count). The van der Waals surface area contributed by atoms with Gasteiger partial charge in [0.15, 0.2) is 5.75 Å². The van der Waals surface area contributed by atoms with E-state index < -0.39 is 21.6 Å². The van der Waals surface area contributed by atoms with Crippen LogP contribution in [0.3, 0.4) is 0 Å². The summed E-state index contributed by atoms with van der Waals surface area (Å²) in [6.07, 6.45) is 4.82. The van der Waals surface area contributed by atoms with Gasteiger partial charge in [0.05, 0.1) is 30.6 Å². The number of nitrogens with zero attached hydrogens (tertiary/aromatic N) is 3. The predicted molar refractivity (Wildman–Crippen MR) is 139 cm³/mol. The molecule has 0 saturated carbocycles. The fourth-order valence-corrected chi connectivity index (χ4v) is 5.02. The van der Waals surface area contributed by atoms with E-state index >= 15 is 0 Å². The van der Waals surface area contributed by atoms with Crippen LogP contribution in [0.25, 0.3) is 0 Å². The highest BCUT2D eigenvalue weighted by Gasteiger charge is 2.45. The molecule has 1 saturated heterocycles. The first kappa shape index (κ1) is 27.2. The highest BCUT2D eigenvalue weighted by molar-refractivity contribution is 7.89. The number of hydrogen-bond donors (Lipinski definition) is 2. The summed E-state index contributed by atoms with van der Waals surface area (Å²) in [6, 6.07) is 14.0. The topological polar surface area (TPSA) is 128 Å². The van der Waals surface area contributed by atoms with E-state index in [2.05, 4.69) is 15.0 Å². The molecule has 37 heavy (non-hydrogen) atoms. The van der Waals surface area contributed by atoms with Crippen molar-refractivity contribution in [2.45, 2.75) is 18.4 Å². The Bertz CT molecular complexity index is 1330. The lowest BCUT2D eigenvalue weighted by Crippen LogP contribution is -2.34. The van der Waals surface area contributed by atoms with Crippen LogP contribution in [0.4, 0.5) is 5.69 Å². The average Bonchev–Trinajstić information content (AvgIpc) is 3.52. The molecule has 1 aliphatic rings. The van der Waals surface area contributed by atoms with E-state index in [0.717, 1.165) is 5.69 Å². The third-order valence-corrected chi connectivity index (χ3v) is 7.17. The van der Waals surface area contributed by atoms with Crippen molar-refractivity contribution in [3.63, 3.8) is 0 Å². The molecular weight excluding hydrogens is 541 g/mol. The number of rotatable bonds is 12. The second kappa shape index (κ2) is 12.1. The lowest BCUT2D eigenvalue weighted by molar-refractivity contribution is -0.189. The third-order valence-electron chi connectivity index (χ3n) is 5.47. The first-order valence-corrected chi connectivity index (χ1v) is 13.7. The van der Waals surface area contributed by atoms with Gasteiger partial charge in [-0.25, -0.2) is 18.1 Å². The summed E-state index contributed by atoms with van der Waals surface area (Å²) in [7, 11) is -3.56. The Morgan fingerprint density at radius 3 is 2.73 bits per heavy atom. The summed E-state index contributed by atoms with van der Waals surface area (Å²) in [6.45, 7) is 1.43.